The molecular formula is C11H12FN3O. The number of carbonyl (C=O) groups excluding carboxylic acids is 1. The fourth-order valence-corrected chi connectivity index (χ4v) is 1.72. The number of benzene rings is 1. The van der Waals surface area contributed by atoms with Gasteiger partial charge in [0.2, 0.25) is 0 Å². The summed E-state index contributed by atoms with van der Waals surface area (Å²) in [6.45, 7) is 1.73. The Labute approximate surface area is 91.8 Å². The van der Waals surface area contributed by atoms with Gasteiger partial charge in [0.1, 0.15) is 11.9 Å². The number of halogens is 1. The van der Waals surface area contributed by atoms with Crippen LogP contribution >= 0.6 is 0 Å². The second-order valence-corrected chi connectivity index (χ2v) is 3.61. The third kappa shape index (κ3) is 1.65. The van der Waals surface area contributed by atoms with Gasteiger partial charge in [-0.15, -0.1) is 0 Å². The van der Waals surface area contributed by atoms with E-state index in [9.17, 15) is 9.18 Å². The van der Waals surface area contributed by atoms with E-state index in [-0.39, 0.29) is 11.7 Å². The molecule has 0 aliphatic heterocycles. The Hall–Kier alpha value is -1.88. The van der Waals surface area contributed by atoms with Crippen LogP contribution in [0.3, 0.4) is 0 Å². The quantitative estimate of drug-likeness (QED) is 0.456. The molecule has 5 heteroatoms. The standard InChI is InChI=1S/C11H12FN3O/c1-7(11(16)14-13)15-5-4-8-6-9(12)2-3-10(8)15/h2-7H,13H2,1H3,(H,14,16). The van der Waals surface area contributed by atoms with E-state index < -0.39 is 6.04 Å². The summed E-state index contributed by atoms with van der Waals surface area (Å²) in [4.78, 5) is 11.4. The molecule has 1 unspecified atom stereocenters. The van der Waals surface area contributed by atoms with Crippen LogP contribution in [0.25, 0.3) is 10.9 Å². The minimum absolute atomic E-state index is 0.290. The first-order valence-corrected chi connectivity index (χ1v) is 4.90. The van der Waals surface area contributed by atoms with Crippen molar-refractivity contribution in [1.29, 1.82) is 0 Å². The molecule has 1 amide bonds. The molecule has 0 saturated heterocycles. The van der Waals surface area contributed by atoms with Gasteiger partial charge in [-0.1, -0.05) is 0 Å². The van der Waals surface area contributed by atoms with Crippen molar-refractivity contribution < 1.29 is 9.18 Å². The number of aromatic nitrogens is 1. The Bertz CT molecular complexity index is 535. The smallest absolute Gasteiger partial charge is 0.256 e. The van der Waals surface area contributed by atoms with Gasteiger partial charge in [-0.05, 0) is 31.2 Å². The first-order chi connectivity index (χ1) is 7.63. The Balaban J connectivity index is 2.50. The summed E-state index contributed by atoms with van der Waals surface area (Å²) in [7, 11) is 0. The predicted octanol–water partition coefficient (Wildman–Crippen LogP) is 1.33. The molecule has 0 fully saturated rings. The van der Waals surface area contributed by atoms with Crippen molar-refractivity contribution in [1.82, 2.24) is 9.99 Å². The fraction of sp³-hybridized carbons (Fsp3) is 0.182. The third-order valence-electron chi connectivity index (χ3n) is 2.62. The first-order valence-electron chi connectivity index (χ1n) is 4.90. The van der Waals surface area contributed by atoms with Gasteiger partial charge < -0.3 is 4.57 Å². The number of rotatable bonds is 2. The fourth-order valence-electron chi connectivity index (χ4n) is 1.72. The summed E-state index contributed by atoms with van der Waals surface area (Å²) in [6.07, 6.45) is 1.74. The van der Waals surface area contributed by atoms with E-state index in [4.69, 9.17) is 5.84 Å². The number of nitrogens with two attached hydrogens (primary N) is 1. The molecule has 0 radical (unpaired) electrons. The van der Waals surface area contributed by atoms with Crippen LogP contribution in [0.1, 0.15) is 13.0 Å². The van der Waals surface area contributed by atoms with Crippen molar-refractivity contribution in [3.8, 4) is 0 Å². The lowest BCUT2D eigenvalue weighted by Gasteiger charge is -2.13. The van der Waals surface area contributed by atoms with Gasteiger partial charge in [0.25, 0.3) is 5.91 Å². The second-order valence-electron chi connectivity index (χ2n) is 3.61. The summed E-state index contributed by atoms with van der Waals surface area (Å²) >= 11 is 0. The average Bonchev–Trinajstić information content (AvgIpc) is 2.69. The Morgan fingerprint density at radius 3 is 2.94 bits per heavy atom. The maximum absolute atomic E-state index is 13.0. The van der Waals surface area contributed by atoms with Gasteiger partial charge in [0.15, 0.2) is 0 Å². The van der Waals surface area contributed by atoms with E-state index in [1.54, 1.807) is 29.8 Å². The van der Waals surface area contributed by atoms with E-state index in [1.165, 1.54) is 12.1 Å². The molecule has 4 nitrogen and oxygen atoms in total. The van der Waals surface area contributed by atoms with Crippen LogP contribution in [0.15, 0.2) is 30.5 Å². The van der Waals surface area contributed by atoms with Crippen molar-refractivity contribution >= 4 is 16.8 Å². The second kappa shape index (κ2) is 3.94. The normalized spacial score (nSPS) is 12.7. The Morgan fingerprint density at radius 2 is 2.25 bits per heavy atom. The van der Waals surface area contributed by atoms with Crippen LogP contribution in [0.2, 0.25) is 0 Å². The van der Waals surface area contributed by atoms with Gasteiger partial charge in [0, 0.05) is 17.1 Å². The summed E-state index contributed by atoms with van der Waals surface area (Å²) in [6, 6.07) is 5.78. The third-order valence-corrected chi connectivity index (χ3v) is 2.62. The SMILES string of the molecule is CC(C(=O)NN)n1ccc2cc(F)ccc21. The highest BCUT2D eigenvalue weighted by Crippen LogP contribution is 2.20. The molecule has 0 spiro atoms. The summed E-state index contributed by atoms with van der Waals surface area (Å²) in [5.41, 5.74) is 2.90. The maximum Gasteiger partial charge on any atom is 0.256 e. The topological polar surface area (TPSA) is 60.1 Å². The molecule has 0 aliphatic rings. The van der Waals surface area contributed by atoms with Crippen LogP contribution in [0, 0.1) is 5.82 Å². The van der Waals surface area contributed by atoms with Crippen LogP contribution in [-0.4, -0.2) is 10.5 Å². The van der Waals surface area contributed by atoms with Crippen LogP contribution in [-0.2, 0) is 4.79 Å². The van der Waals surface area contributed by atoms with E-state index in [0.29, 0.717) is 0 Å². The minimum atomic E-state index is -0.423. The number of nitrogens with zero attached hydrogens (tertiary/aromatic N) is 1. The highest BCUT2D eigenvalue weighted by Gasteiger charge is 2.15. The lowest BCUT2D eigenvalue weighted by atomic mass is 10.2. The minimum Gasteiger partial charge on any atom is -0.335 e. The largest absolute Gasteiger partial charge is 0.335 e. The number of fused-ring (bicyclic) bond motifs is 1. The van der Waals surface area contributed by atoms with Crippen LogP contribution in [0.5, 0.6) is 0 Å². The molecular weight excluding hydrogens is 209 g/mol. The van der Waals surface area contributed by atoms with Gasteiger partial charge in [-0.2, -0.15) is 0 Å². The molecule has 1 aromatic carbocycles. The Kier molecular flexibility index (Phi) is 2.62. The van der Waals surface area contributed by atoms with Crippen molar-refractivity contribution in [3.63, 3.8) is 0 Å². The summed E-state index contributed by atoms with van der Waals surface area (Å²) in [5.74, 6) is 4.49. The maximum atomic E-state index is 13.0. The monoisotopic (exact) mass is 221 g/mol. The van der Waals surface area contributed by atoms with E-state index in [0.717, 1.165) is 10.9 Å². The van der Waals surface area contributed by atoms with E-state index in [2.05, 4.69) is 5.43 Å². The average molecular weight is 221 g/mol. The van der Waals surface area contributed by atoms with Gasteiger partial charge in [-0.25, -0.2) is 10.2 Å². The molecule has 16 heavy (non-hydrogen) atoms. The molecule has 0 aliphatic carbocycles. The first kappa shape index (κ1) is 10.6. The van der Waals surface area contributed by atoms with Crippen molar-refractivity contribution in [2.45, 2.75) is 13.0 Å². The Morgan fingerprint density at radius 1 is 1.50 bits per heavy atom. The van der Waals surface area contributed by atoms with E-state index >= 15 is 0 Å². The number of hydrazine groups is 1. The highest BCUT2D eigenvalue weighted by atomic mass is 19.1. The molecule has 2 aromatic rings. The summed E-state index contributed by atoms with van der Waals surface area (Å²) < 4.78 is 14.7. The molecule has 0 saturated carbocycles. The molecule has 1 heterocycles. The molecule has 3 N–H and O–H groups in total. The molecule has 0 bridgehead atoms. The number of hydrogen-bond acceptors (Lipinski definition) is 2. The van der Waals surface area contributed by atoms with Gasteiger partial charge in [-0.3, -0.25) is 10.2 Å². The lowest BCUT2D eigenvalue weighted by Crippen LogP contribution is -2.35. The molecule has 2 rings (SSSR count). The van der Waals surface area contributed by atoms with E-state index in [1.807, 2.05) is 0 Å². The van der Waals surface area contributed by atoms with Crippen LogP contribution in [0.4, 0.5) is 4.39 Å². The molecule has 84 valence electrons. The predicted molar refractivity (Wildman–Crippen MR) is 58.9 cm³/mol. The zero-order chi connectivity index (χ0) is 11.7. The zero-order valence-electron chi connectivity index (χ0n) is 8.77. The number of hydrogen-bond donors (Lipinski definition) is 2. The zero-order valence-corrected chi connectivity index (χ0v) is 8.77. The van der Waals surface area contributed by atoms with Gasteiger partial charge in [0.05, 0.1) is 0 Å². The highest BCUT2D eigenvalue weighted by molar-refractivity contribution is 5.85. The summed E-state index contributed by atoms with van der Waals surface area (Å²) in [5, 5.41) is 0.761. The van der Waals surface area contributed by atoms with Gasteiger partial charge >= 0.3 is 0 Å². The number of carbonyl (C=O) groups is 1. The lowest BCUT2D eigenvalue weighted by molar-refractivity contribution is -0.123. The van der Waals surface area contributed by atoms with Crippen LogP contribution < -0.4 is 11.3 Å². The van der Waals surface area contributed by atoms with Crippen molar-refractivity contribution in [3.05, 3.63) is 36.3 Å². The van der Waals surface area contributed by atoms with Crippen molar-refractivity contribution in [2.75, 3.05) is 0 Å². The number of nitrogens with one attached hydrogen (secondary N) is 1. The number of amides is 1. The molecule has 1 aromatic heterocycles. The molecule has 1 atom stereocenters. The van der Waals surface area contributed by atoms with Crippen molar-refractivity contribution in [2.24, 2.45) is 5.84 Å².